The lowest BCUT2D eigenvalue weighted by atomic mass is 10.1. The molecule has 0 radical (unpaired) electrons. The lowest BCUT2D eigenvalue weighted by Crippen LogP contribution is -2.45. The fourth-order valence-electron chi connectivity index (χ4n) is 2.44. The van der Waals surface area contributed by atoms with Crippen molar-refractivity contribution < 1.29 is 4.79 Å². The van der Waals surface area contributed by atoms with Crippen LogP contribution >= 0.6 is 15.9 Å². The topological polar surface area (TPSA) is 59.0 Å². The van der Waals surface area contributed by atoms with Crippen molar-refractivity contribution >= 4 is 21.8 Å². The van der Waals surface area contributed by atoms with Gasteiger partial charge >= 0.3 is 0 Å². The Morgan fingerprint density at radius 1 is 1.48 bits per heavy atom. The number of carbonyl (C=O) groups excluding carboxylic acids is 1. The number of nitrogens with one attached hydrogen (secondary N) is 2. The first-order chi connectivity index (χ1) is 10.2. The molecule has 1 amide bonds. The van der Waals surface area contributed by atoms with Gasteiger partial charge in [0, 0.05) is 23.3 Å². The van der Waals surface area contributed by atoms with Gasteiger partial charge in [-0.15, -0.1) is 0 Å². The Morgan fingerprint density at radius 2 is 2.38 bits per heavy atom. The van der Waals surface area contributed by atoms with Crippen LogP contribution in [0.1, 0.15) is 23.2 Å². The first-order valence-corrected chi connectivity index (χ1v) is 7.84. The SMILES string of the molecule is O=C(NC1CCCNC1)c1cnn(-c2cccc(Br)c2)c1. The fourth-order valence-corrected chi connectivity index (χ4v) is 2.83. The molecule has 1 atom stereocenters. The minimum Gasteiger partial charge on any atom is -0.348 e. The Labute approximate surface area is 131 Å². The largest absolute Gasteiger partial charge is 0.348 e. The van der Waals surface area contributed by atoms with Crippen LogP contribution in [0, 0.1) is 0 Å². The van der Waals surface area contributed by atoms with Gasteiger partial charge in [0.15, 0.2) is 0 Å². The molecule has 0 aliphatic carbocycles. The van der Waals surface area contributed by atoms with Crippen LogP contribution in [0.5, 0.6) is 0 Å². The molecule has 5 nitrogen and oxygen atoms in total. The van der Waals surface area contributed by atoms with Crippen LogP contribution in [0.3, 0.4) is 0 Å². The number of halogens is 1. The molecule has 1 fully saturated rings. The van der Waals surface area contributed by atoms with Gasteiger partial charge in [0.1, 0.15) is 0 Å². The number of aromatic nitrogens is 2. The predicted octanol–water partition coefficient (Wildman–Crippen LogP) is 2.12. The van der Waals surface area contributed by atoms with E-state index < -0.39 is 0 Å². The first kappa shape index (κ1) is 14.3. The van der Waals surface area contributed by atoms with E-state index in [1.165, 1.54) is 0 Å². The van der Waals surface area contributed by atoms with Crippen molar-refractivity contribution in [1.29, 1.82) is 0 Å². The fraction of sp³-hybridized carbons (Fsp3) is 0.333. The highest BCUT2D eigenvalue weighted by Crippen LogP contribution is 2.15. The molecular weight excluding hydrogens is 332 g/mol. The van der Waals surface area contributed by atoms with Crippen LogP contribution < -0.4 is 10.6 Å². The normalized spacial score (nSPS) is 18.4. The molecule has 2 aromatic rings. The third-order valence-electron chi connectivity index (χ3n) is 3.55. The number of amides is 1. The summed E-state index contributed by atoms with van der Waals surface area (Å²) in [6, 6.07) is 8.01. The Hall–Kier alpha value is -1.66. The number of hydrogen-bond donors (Lipinski definition) is 2. The van der Waals surface area contributed by atoms with Gasteiger partial charge < -0.3 is 10.6 Å². The molecule has 1 aromatic carbocycles. The first-order valence-electron chi connectivity index (χ1n) is 7.04. The third kappa shape index (κ3) is 3.51. The molecule has 0 bridgehead atoms. The lowest BCUT2D eigenvalue weighted by molar-refractivity contribution is 0.0930. The summed E-state index contributed by atoms with van der Waals surface area (Å²) in [4.78, 5) is 12.2. The summed E-state index contributed by atoms with van der Waals surface area (Å²) in [5, 5.41) is 10.6. The van der Waals surface area contributed by atoms with Crippen LogP contribution in [0.25, 0.3) is 5.69 Å². The standard InChI is InChI=1S/C15H17BrN4O/c16-12-3-1-5-14(7-12)20-10-11(8-18-20)15(21)19-13-4-2-6-17-9-13/h1,3,5,7-8,10,13,17H,2,4,6,9H2,(H,19,21). The van der Waals surface area contributed by atoms with Crippen LogP contribution in [0.15, 0.2) is 41.1 Å². The molecule has 1 saturated heterocycles. The van der Waals surface area contributed by atoms with E-state index in [2.05, 4.69) is 31.7 Å². The second kappa shape index (κ2) is 6.41. The molecule has 110 valence electrons. The lowest BCUT2D eigenvalue weighted by Gasteiger charge is -2.23. The van der Waals surface area contributed by atoms with Crippen molar-refractivity contribution in [3.8, 4) is 5.69 Å². The van der Waals surface area contributed by atoms with E-state index in [-0.39, 0.29) is 11.9 Å². The number of hydrogen-bond acceptors (Lipinski definition) is 3. The summed E-state index contributed by atoms with van der Waals surface area (Å²) >= 11 is 3.43. The zero-order valence-corrected chi connectivity index (χ0v) is 13.1. The van der Waals surface area contributed by atoms with Crippen molar-refractivity contribution in [3.63, 3.8) is 0 Å². The van der Waals surface area contributed by atoms with E-state index >= 15 is 0 Å². The molecule has 0 saturated carbocycles. The quantitative estimate of drug-likeness (QED) is 0.893. The highest BCUT2D eigenvalue weighted by Gasteiger charge is 2.17. The molecule has 2 heterocycles. The van der Waals surface area contributed by atoms with E-state index in [0.717, 1.165) is 36.1 Å². The van der Waals surface area contributed by atoms with Crippen molar-refractivity contribution in [2.75, 3.05) is 13.1 Å². The molecule has 0 spiro atoms. The molecule has 1 aliphatic heterocycles. The molecule has 2 N–H and O–H groups in total. The second-order valence-electron chi connectivity index (χ2n) is 5.17. The average Bonchev–Trinajstić information content (AvgIpc) is 2.98. The second-order valence-corrected chi connectivity index (χ2v) is 6.09. The van der Waals surface area contributed by atoms with Crippen molar-refractivity contribution in [3.05, 3.63) is 46.7 Å². The zero-order chi connectivity index (χ0) is 14.7. The average molecular weight is 349 g/mol. The van der Waals surface area contributed by atoms with Gasteiger partial charge in [-0.2, -0.15) is 5.10 Å². The Morgan fingerprint density at radius 3 is 3.14 bits per heavy atom. The van der Waals surface area contributed by atoms with Gasteiger partial charge in [0.2, 0.25) is 0 Å². The Balaban J connectivity index is 1.70. The number of benzene rings is 1. The maximum atomic E-state index is 12.2. The van der Waals surface area contributed by atoms with Gasteiger partial charge in [-0.25, -0.2) is 4.68 Å². The molecule has 1 aliphatic rings. The number of nitrogens with zero attached hydrogens (tertiary/aromatic N) is 2. The maximum absolute atomic E-state index is 12.2. The number of rotatable bonds is 3. The molecule has 3 rings (SSSR count). The smallest absolute Gasteiger partial charge is 0.254 e. The van der Waals surface area contributed by atoms with E-state index in [1.807, 2.05) is 24.3 Å². The van der Waals surface area contributed by atoms with Crippen LogP contribution in [0.4, 0.5) is 0 Å². The number of carbonyl (C=O) groups is 1. The summed E-state index contributed by atoms with van der Waals surface area (Å²) in [6.45, 7) is 1.87. The Kier molecular flexibility index (Phi) is 4.36. The van der Waals surface area contributed by atoms with Crippen molar-refractivity contribution in [1.82, 2.24) is 20.4 Å². The maximum Gasteiger partial charge on any atom is 0.254 e. The van der Waals surface area contributed by atoms with Crippen LogP contribution in [-0.2, 0) is 0 Å². The minimum absolute atomic E-state index is 0.0649. The molecule has 6 heteroatoms. The van der Waals surface area contributed by atoms with E-state index in [0.29, 0.717) is 5.56 Å². The van der Waals surface area contributed by atoms with Crippen molar-refractivity contribution in [2.45, 2.75) is 18.9 Å². The van der Waals surface area contributed by atoms with Gasteiger partial charge in [0.05, 0.1) is 17.4 Å². The van der Waals surface area contributed by atoms with Crippen molar-refractivity contribution in [2.24, 2.45) is 0 Å². The van der Waals surface area contributed by atoms with Gasteiger partial charge in [-0.3, -0.25) is 4.79 Å². The van der Waals surface area contributed by atoms with Gasteiger partial charge in [-0.1, -0.05) is 22.0 Å². The molecule has 1 aromatic heterocycles. The van der Waals surface area contributed by atoms with Gasteiger partial charge in [0.25, 0.3) is 5.91 Å². The third-order valence-corrected chi connectivity index (χ3v) is 4.04. The monoisotopic (exact) mass is 348 g/mol. The van der Waals surface area contributed by atoms with E-state index in [1.54, 1.807) is 17.1 Å². The minimum atomic E-state index is -0.0649. The van der Waals surface area contributed by atoms with E-state index in [9.17, 15) is 4.79 Å². The van der Waals surface area contributed by atoms with Crippen LogP contribution in [0.2, 0.25) is 0 Å². The molecular formula is C15H17BrN4O. The summed E-state index contributed by atoms with van der Waals surface area (Å²) in [6.07, 6.45) is 5.49. The van der Waals surface area contributed by atoms with Crippen LogP contribution in [-0.4, -0.2) is 34.8 Å². The summed E-state index contributed by atoms with van der Waals surface area (Å²) in [5.74, 6) is -0.0649. The predicted molar refractivity (Wildman–Crippen MR) is 84.6 cm³/mol. The molecule has 21 heavy (non-hydrogen) atoms. The van der Waals surface area contributed by atoms with E-state index in [4.69, 9.17) is 0 Å². The summed E-state index contributed by atoms with van der Waals surface area (Å²) < 4.78 is 2.69. The zero-order valence-electron chi connectivity index (χ0n) is 11.6. The highest BCUT2D eigenvalue weighted by molar-refractivity contribution is 9.10. The summed E-state index contributed by atoms with van der Waals surface area (Å²) in [7, 11) is 0. The number of piperidine rings is 1. The molecule has 1 unspecified atom stereocenters. The summed E-state index contributed by atoms with van der Waals surface area (Å²) in [5.41, 5.74) is 1.50. The Bertz CT molecular complexity index is 634. The highest BCUT2D eigenvalue weighted by atomic mass is 79.9. The van der Waals surface area contributed by atoms with Gasteiger partial charge in [-0.05, 0) is 37.6 Å².